The number of amides is 2. The molecule has 164 valence electrons. The van der Waals surface area contributed by atoms with Crippen molar-refractivity contribution in [3.8, 4) is 0 Å². The van der Waals surface area contributed by atoms with Crippen LogP contribution in [0.1, 0.15) is 96.2 Å². The van der Waals surface area contributed by atoms with E-state index in [-0.39, 0.29) is 30.3 Å². The molecule has 2 amide bonds. The van der Waals surface area contributed by atoms with Gasteiger partial charge < -0.3 is 20.3 Å². The molecule has 0 aliphatic heterocycles. The van der Waals surface area contributed by atoms with Crippen LogP contribution in [0, 0.1) is 10.8 Å². The number of carbonyl (C=O) groups is 2. The van der Waals surface area contributed by atoms with Gasteiger partial charge in [-0.2, -0.15) is 4.98 Å². The second-order valence-electron chi connectivity index (χ2n) is 9.26. The van der Waals surface area contributed by atoms with Crippen LogP contribution < -0.4 is 10.6 Å². The molecule has 1 aliphatic carbocycles. The highest BCUT2D eigenvalue weighted by Gasteiger charge is 2.41. The van der Waals surface area contributed by atoms with Crippen molar-refractivity contribution >= 4 is 12.0 Å². The lowest BCUT2D eigenvalue weighted by Gasteiger charge is -2.48. The Kier molecular flexibility index (Phi) is 8.05. The molecule has 29 heavy (non-hydrogen) atoms. The molecule has 1 fully saturated rings. The molecular weight excluding hydrogens is 372 g/mol. The Hall–Kier alpha value is -2.12. The van der Waals surface area contributed by atoms with Crippen molar-refractivity contribution in [2.75, 3.05) is 7.05 Å². The zero-order valence-electron chi connectivity index (χ0n) is 18.2. The highest BCUT2D eigenvalue weighted by molar-refractivity contribution is 5.73. The predicted octanol–water partition coefficient (Wildman–Crippen LogP) is 4.22. The van der Waals surface area contributed by atoms with Crippen LogP contribution in [0.25, 0.3) is 0 Å². The smallest absolute Gasteiger partial charge is 0.314 e. The minimum absolute atomic E-state index is 0.0347. The van der Waals surface area contributed by atoms with Crippen LogP contribution in [0.3, 0.4) is 0 Å². The molecular formula is C21H36N4O4. The van der Waals surface area contributed by atoms with Crippen molar-refractivity contribution in [2.45, 2.75) is 91.0 Å². The minimum atomic E-state index is -0.874. The Bertz CT molecular complexity index is 674. The lowest BCUT2D eigenvalue weighted by Crippen LogP contribution is -2.37. The molecule has 3 N–H and O–H groups in total. The summed E-state index contributed by atoms with van der Waals surface area (Å²) in [4.78, 5) is 27.0. The second kappa shape index (κ2) is 10.1. The molecule has 0 aromatic carbocycles. The van der Waals surface area contributed by atoms with Gasteiger partial charge in [0.2, 0.25) is 5.89 Å². The van der Waals surface area contributed by atoms with E-state index in [1.165, 1.54) is 39.2 Å². The lowest BCUT2D eigenvalue weighted by molar-refractivity contribution is -0.137. The number of carbonyl (C=O) groups excluding carboxylic acids is 1. The van der Waals surface area contributed by atoms with Crippen LogP contribution >= 0.6 is 0 Å². The number of aromatic nitrogens is 2. The third-order valence-corrected chi connectivity index (χ3v) is 6.50. The SMILES string of the molecule is CNC(=O)NCc1noc(C(CCCC2(C(C)(C)C)CCCCC2)CC(=O)O)n1. The molecule has 1 aromatic rings. The van der Waals surface area contributed by atoms with Crippen molar-refractivity contribution in [3.63, 3.8) is 0 Å². The summed E-state index contributed by atoms with van der Waals surface area (Å²) in [5.74, 6) is -0.497. The molecule has 2 rings (SSSR count). The maximum Gasteiger partial charge on any atom is 0.314 e. The average Bonchev–Trinajstić information content (AvgIpc) is 3.14. The normalized spacial score (nSPS) is 17.5. The number of hydrogen-bond donors (Lipinski definition) is 3. The fraction of sp³-hybridized carbons (Fsp3) is 0.810. The number of nitrogens with one attached hydrogen (secondary N) is 2. The van der Waals surface area contributed by atoms with Gasteiger partial charge in [-0.05, 0) is 36.5 Å². The highest BCUT2D eigenvalue weighted by atomic mass is 16.5. The van der Waals surface area contributed by atoms with Gasteiger partial charge in [-0.1, -0.05) is 51.6 Å². The highest BCUT2D eigenvalue weighted by Crippen LogP contribution is 2.53. The molecule has 0 bridgehead atoms. The van der Waals surface area contributed by atoms with E-state index in [1.807, 2.05) is 0 Å². The number of carboxylic acids is 1. The van der Waals surface area contributed by atoms with Crippen LogP contribution in [0.15, 0.2) is 4.52 Å². The molecule has 1 heterocycles. The maximum absolute atomic E-state index is 11.4. The first-order valence-electron chi connectivity index (χ1n) is 10.7. The third-order valence-electron chi connectivity index (χ3n) is 6.50. The van der Waals surface area contributed by atoms with Gasteiger partial charge >= 0.3 is 12.0 Å². The molecule has 1 atom stereocenters. The largest absolute Gasteiger partial charge is 0.481 e. The van der Waals surface area contributed by atoms with Gasteiger partial charge in [0.1, 0.15) is 0 Å². The summed E-state index contributed by atoms with van der Waals surface area (Å²) in [5, 5.41) is 18.3. The van der Waals surface area contributed by atoms with E-state index < -0.39 is 5.97 Å². The summed E-state index contributed by atoms with van der Waals surface area (Å²) in [6.07, 6.45) is 9.06. The van der Waals surface area contributed by atoms with Crippen molar-refractivity contribution in [1.29, 1.82) is 0 Å². The Morgan fingerprint density at radius 3 is 2.52 bits per heavy atom. The zero-order chi connectivity index (χ0) is 21.5. The van der Waals surface area contributed by atoms with Crippen molar-refractivity contribution in [3.05, 3.63) is 11.7 Å². The predicted molar refractivity (Wildman–Crippen MR) is 109 cm³/mol. The van der Waals surface area contributed by atoms with Crippen LogP contribution in [0.5, 0.6) is 0 Å². The standard InChI is InChI=1S/C21H36N4O4/c1-20(2,3)21(10-6-5-7-11-21)12-8-9-15(13-17(26)27)18-24-16(25-29-18)14-23-19(28)22-4/h15H,5-14H2,1-4H3,(H,26,27)(H2,22,23,28). The topological polar surface area (TPSA) is 117 Å². The molecule has 0 spiro atoms. The van der Waals surface area contributed by atoms with Gasteiger partial charge in [0.15, 0.2) is 5.82 Å². The monoisotopic (exact) mass is 408 g/mol. The van der Waals surface area contributed by atoms with Gasteiger partial charge in [0.05, 0.1) is 13.0 Å². The van der Waals surface area contributed by atoms with Crippen LogP contribution in [-0.4, -0.2) is 34.3 Å². The minimum Gasteiger partial charge on any atom is -0.481 e. The molecule has 1 aromatic heterocycles. The Morgan fingerprint density at radius 2 is 1.93 bits per heavy atom. The van der Waals surface area contributed by atoms with Crippen molar-refractivity contribution in [2.24, 2.45) is 10.8 Å². The Labute approximate surface area is 173 Å². The summed E-state index contributed by atoms with van der Waals surface area (Å²) in [5.41, 5.74) is 0.551. The molecule has 1 saturated carbocycles. The first-order chi connectivity index (χ1) is 13.7. The average molecular weight is 409 g/mol. The lowest BCUT2D eigenvalue weighted by atomic mass is 9.57. The fourth-order valence-corrected chi connectivity index (χ4v) is 4.57. The first kappa shape index (κ1) is 23.2. The van der Waals surface area contributed by atoms with Gasteiger partial charge in [-0.15, -0.1) is 0 Å². The van der Waals surface area contributed by atoms with Crippen LogP contribution in [-0.2, 0) is 11.3 Å². The Balaban J connectivity index is 2.01. The van der Waals surface area contributed by atoms with E-state index in [2.05, 4.69) is 41.5 Å². The molecule has 8 nitrogen and oxygen atoms in total. The molecule has 8 heteroatoms. The summed E-state index contributed by atoms with van der Waals surface area (Å²) >= 11 is 0. The summed E-state index contributed by atoms with van der Waals surface area (Å²) in [6, 6.07) is -0.335. The molecule has 1 aliphatic rings. The quantitative estimate of drug-likeness (QED) is 0.563. The number of hydrogen-bond acceptors (Lipinski definition) is 5. The zero-order valence-corrected chi connectivity index (χ0v) is 18.2. The molecule has 0 radical (unpaired) electrons. The van der Waals surface area contributed by atoms with E-state index in [0.29, 0.717) is 23.6 Å². The number of rotatable bonds is 9. The van der Waals surface area contributed by atoms with Crippen molar-refractivity contribution in [1.82, 2.24) is 20.8 Å². The van der Waals surface area contributed by atoms with Gasteiger partial charge in [-0.25, -0.2) is 4.79 Å². The van der Waals surface area contributed by atoms with E-state index in [0.717, 1.165) is 12.8 Å². The number of nitrogens with zero attached hydrogens (tertiary/aromatic N) is 2. The van der Waals surface area contributed by atoms with Crippen LogP contribution in [0.2, 0.25) is 0 Å². The van der Waals surface area contributed by atoms with Gasteiger partial charge in [0, 0.05) is 13.0 Å². The first-order valence-corrected chi connectivity index (χ1v) is 10.7. The van der Waals surface area contributed by atoms with Gasteiger partial charge in [-0.3, -0.25) is 4.79 Å². The molecule has 1 unspecified atom stereocenters. The third kappa shape index (κ3) is 6.44. The number of aliphatic carboxylic acids is 1. The maximum atomic E-state index is 11.4. The summed E-state index contributed by atoms with van der Waals surface area (Å²) < 4.78 is 5.33. The number of carboxylic acid groups (broad SMARTS) is 1. The van der Waals surface area contributed by atoms with E-state index in [9.17, 15) is 14.7 Å². The summed E-state index contributed by atoms with van der Waals surface area (Å²) in [6.45, 7) is 7.13. The van der Waals surface area contributed by atoms with E-state index >= 15 is 0 Å². The van der Waals surface area contributed by atoms with E-state index in [1.54, 1.807) is 0 Å². The Morgan fingerprint density at radius 1 is 1.24 bits per heavy atom. The number of urea groups is 1. The van der Waals surface area contributed by atoms with Crippen molar-refractivity contribution < 1.29 is 19.2 Å². The fourth-order valence-electron chi connectivity index (χ4n) is 4.57. The van der Waals surface area contributed by atoms with Gasteiger partial charge in [0.25, 0.3) is 0 Å². The summed E-state index contributed by atoms with van der Waals surface area (Å²) in [7, 11) is 1.52. The van der Waals surface area contributed by atoms with Crippen LogP contribution in [0.4, 0.5) is 4.79 Å². The second-order valence-corrected chi connectivity index (χ2v) is 9.26. The molecule has 0 saturated heterocycles. The van der Waals surface area contributed by atoms with E-state index in [4.69, 9.17) is 4.52 Å².